The van der Waals surface area contributed by atoms with E-state index in [-0.39, 0.29) is 19.1 Å². The van der Waals surface area contributed by atoms with Crippen LogP contribution in [0.1, 0.15) is 31.6 Å². The Morgan fingerprint density at radius 2 is 2.17 bits per heavy atom. The van der Waals surface area contributed by atoms with Crippen molar-refractivity contribution in [1.82, 2.24) is 15.0 Å². The summed E-state index contributed by atoms with van der Waals surface area (Å²) in [6.07, 6.45) is 0. The van der Waals surface area contributed by atoms with E-state index < -0.39 is 29.3 Å². The monoisotopic (exact) mass is 339 g/mol. The van der Waals surface area contributed by atoms with Crippen LogP contribution in [0.3, 0.4) is 0 Å². The quantitative estimate of drug-likeness (QED) is 0.823. The van der Waals surface area contributed by atoms with E-state index in [1.165, 1.54) is 7.11 Å². The smallest absolute Gasteiger partial charge is 0.307 e. The Hall–Kier alpha value is -2.00. The van der Waals surface area contributed by atoms with Crippen LogP contribution in [-0.2, 0) is 25.7 Å². The summed E-state index contributed by atoms with van der Waals surface area (Å²) in [5.74, 6) is -1.67. The largest absolute Gasteiger partial charge is 0.481 e. The van der Waals surface area contributed by atoms with Gasteiger partial charge in [-0.15, -0.1) is 0 Å². The minimum atomic E-state index is -0.940. The molecule has 1 aromatic rings. The summed E-state index contributed by atoms with van der Waals surface area (Å²) >= 11 is 0. The number of carboxylic acid groups (broad SMARTS) is 1. The molecule has 0 radical (unpaired) electrons. The van der Waals surface area contributed by atoms with E-state index in [2.05, 4.69) is 10.1 Å². The zero-order valence-electron chi connectivity index (χ0n) is 13.9. The van der Waals surface area contributed by atoms with E-state index in [1.54, 1.807) is 18.7 Å². The molecule has 1 aliphatic carbocycles. The molecule has 1 amide bonds. The molecule has 9 heteroatoms. The van der Waals surface area contributed by atoms with Gasteiger partial charge in [0.1, 0.15) is 12.6 Å². The Morgan fingerprint density at radius 3 is 2.79 bits per heavy atom. The van der Waals surface area contributed by atoms with Gasteiger partial charge in [0.05, 0.1) is 25.0 Å². The van der Waals surface area contributed by atoms with Gasteiger partial charge >= 0.3 is 5.97 Å². The predicted octanol–water partition coefficient (Wildman–Crippen LogP) is 0.473. The highest BCUT2D eigenvalue weighted by molar-refractivity contribution is 5.91. The molecule has 2 aliphatic rings. The van der Waals surface area contributed by atoms with Crippen LogP contribution >= 0.6 is 0 Å². The number of nitrogens with zero attached hydrogens (tertiary/aromatic N) is 3. The van der Waals surface area contributed by atoms with E-state index in [9.17, 15) is 14.7 Å². The van der Waals surface area contributed by atoms with Crippen molar-refractivity contribution in [3.8, 4) is 0 Å². The van der Waals surface area contributed by atoms with Gasteiger partial charge in [-0.3, -0.25) is 9.59 Å². The number of carboxylic acids is 1. The minimum Gasteiger partial charge on any atom is -0.481 e. The maximum absolute atomic E-state index is 12.9. The Kier molecular flexibility index (Phi) is 4.31. The molecular weight excluding hydrogens is 318 g/mol. The molecule has 2 fully saturated rings. The molecule has 1 unspecified atom stereocenters. The lowest BCUT2D eigenvalue weighted by Gasteiger charge is -2.34. The van der Waals surface area contributed by atoms with E-state index in [1.807, 2.05) is 0 Å². The summed E-state index contributed by atoms with van der Waals surface area (Å²) < 4.78 is 15.5. The molecule has 1 aromatic heterocycles. The van der Waals surface area contributed by atoms with Crippen LogP contribution in [0.2, 0.25) is 0 Å². The highest BCUT2D eigenvalue weighted by Gasteiger charge is 2.67. The van der Waals surface area contributed by atoms with Gasteiger partial charge in [0.25, 0.3) is 5.89 Å². The summed E-state index contributed by atoms with van der Waals surface area (Å²) in [5, 5.41) is 13.2. The van der Waals surface area contributed by atoms with Crippen molar-refractivity contribution in [1.29, 1.82) is 0 Å². The van der Waals surface area contributed by atoms with E-state index >= 15 is 0 Å². The van der Waals surface area contributed by atoms with Gasteiger partial charge < -0.3 is 24.0 Å². The van der Waals surface area contributed by atoms with E-state index in [4.69, 9.17) is 14.0 Å². The molecule has 3 rings (SSSR count). The first kappa shape index (κ1) is 16.8. The molecule has 0 bridgehead atoms. The number of ether oxygens (including phenoxy) is 2. The summed E-state index contributed by atoms with van der Waals surface area (Å²) in [5.41, 5.74) is -0.551. The summed E-state index contributed by atoms with van der Waals surface area (Å²) in [7, 11) is 1.52. The number of methoxy groups -OCH3 is 1. The van der Waals surface area contributed by atoms with Crippen molar-refractivity contribution in [3.05, 3.63) is 11.7 Å². The van der Waals surface area contributed by atoms with Crippen LogP contribution in [0.5, 0.6) is 0 Å². The molecule has 24 heavy (non-hydrogen) atoms. The number of rotatable bonds is 5. The molecule has 1 saturated heterocycles. The number of hydrogen-bond donors (Lipinski definition) is 1. The fraction of sp³-hybridized carbons (Fsp3) is 0.733. The molecule has 1 aliphatic heterocycles. The van der Waals surface area contributed by atoms with Gasteiger partial charge in [-0.25, -0.2) is 0 Å². The van der Waals surface area contributed by atoms with Crippen LogP contribution in [0.4, 0.5) is 0 Å². The molecule has 0 aromatic carbocycles. The van der Waals surface area contributed by atoms with Crippen molar-refractivity contribution in [2.24, 2.45) is 17.3 Å². The fourth-order valence-corrected chi connectivity index (χ4v) is 3.41. The minimum absolute atomic E-state index is 0.186. The zero-order valence-corrected chi connectivity index (χ0v) is 13.9. The molecule has 1 N–H and O–H groups in total. The Bertz CT molecular complexity index is 643. The van der Waals surface area contributed by atoms with E-state index in [0.29, 0.717) is 24.9 Å². The highest BCUT2D eigenvalue weighted by atomic mass is 16.5. The lowest BCUT2D eigenvalue weighted by atomic mass is 10.1. The fourth-order valence-electron chi connectivity index (χ4n) is 3.41. The third kappa shape index (κ3) is 2.78. The highest BCUT2D eigenvalue weighted by Crippen LogP contribution is 2.59. The molecule has 9 nitrogen and oxygen atoms in total. The molecule has 132 valence electrons. The lowest BCUT2D eigenvalue weighted by Crippen LogP contribution is -2.45. The number of amides is 1. The SMILES string of the molecule is COCc1nc(C2COCCN2C(=O)[C@@H]2[C@H](C(=O)O)C2(C)C)no1. The Labute approximate surface area is 138 Å². The van der Waals surface area contributed by atoms with Crippen molar-refractivity contribution in [2.45, 2.75) is 26.5 Å². The lowest BCUT2D eigenvalue weighted by molar-refractivity contribution is -0.146. The molecule has 3 atom stereocenters. The second-order valence-corrected chi connectivity index (χ2v) is 6.72. The van der Waals surface area contributed by atoms with Crippen molar-refractivity contribution < 1.29 is 28.7 Å². The molecular formula is C15H21N3O6. The topological polar surface area (TPSA) is 115 Å². The van der Waals surface area contributed by atoms with E-state index in [0.717, 1.165) is 0 Å². The zero-order chi connectivity index (χ0) is 17.5. The first-order chi connectivity index (χ1) is 11.4. The first-order valence-corrected chi connectivity index (χ1v) is 7.80. The number of morpholine rings is 1. The van der Waals surface area contributed by atoms with Gasteiger partial charge in [0, 0.05) is 13.7 Å². The summed E-state index contributed by atoms with van der Waals surface area (Å²) in [6, 6.07) is -0.480. The summed E-state index contributed by atoms with van der Waals surface area (Å²) in [4.78, 5) is 30.1. The molecule has 0 spiro atoms. The average Bonchev–Trinajstić information content (AvgIpc) is 2.89. The molecule has 1 saturated carbocycles. The second kappa shape index (κ2) is 6.14. The van der Waals surface area contributed by atoms with Crippen LogP contribution in [-0.4, -0.2) is 58.9 Å². The second-order valence-electron chi connectivity index (χ2n) is 6.72. The van der Waals surface area contributed by atoms with Crippen LogP contribution in [0, 0.1) is 17.3 Å². The normalized spacial score (nSPS) is 28.6. The molecule has 2 heterocycles. The maximum atomic E-state index is 12.9. The first-order valence-electron chi connectivity index (χ1n) is 7.80. The van der Waals surface area contributed by atoms with Crippen molar-refractivity contribution >= 4 is 11.9 Å². The maximum Gasteiger partial charge on any atom is 0.307 e. The number of aromatic nitrogens is 2. The van der Waals surface area contributed by atoms with Gasteiger partial charge in [-0.1, -0.05) is 19.0 Å². The third-order valence-electron chi connectivity index (χ3n) is 4.82. The number of aliphatic carboxylic acids is 1. The van der Waals surface area contributed by atoms with Crippen LogP contribution < -0.4 is 0 Å². The number of carbonyl (C=O) groups excluding carboxylic acids is 1. The standard InChI is InChI=1S/C15H21N3O6/c1-15(2)10(11(15)14(20)21)13(19)18-4-5-23-6-8(18)12-16-9(7-22-3)24-17-12/h8,10-11H,4-7H2,1-3H3,(H,20,21)/t8?,10-,11+/m0/s1. The average molecular weight is 339 g/mol. The third-order valence-corrected chi connectivity index (χ3v) is 4.82. The Morgan fingerprint density at radius 1 is 1.42 bits per heavy atom. The number of hydrogen-bond acceptors (Lipinski definition) is 7. The summed E-state index contributed by atoms with van der Waals surface area (Å²) in [6.45, 7) is 4.81. The van der Waals surface area contributed by atoms with Gasteiger partial charge in [0.2, 0.25) is 5.91 Å². The number of carbonyl (C=O) groups is 2. The Balaban J connectivity index is 1.79. The van der Waals surface area contributed by atoms with Crippen molar-refractivity contribution in [3.63, 3.8) is 0 Å². The predicted molar refractivity (Wildman–Crippen MR) is 78.7 cm³/mol. The van der Waals surface area contributed by atoms with Crippen LogP contribution in [0.25, 0.3) is 0 Å². The van der Waals surface area contributed by atoms with Gasteiger partial charge in [-0.05, 0) is 5.41 Å². The van der Waals surface area contributed by atoms with Gasteiger partial charge in [0.15, 0.2) is 5.82 Å². The van der Waals surface area contributed by atoms with Crippen LogP contribution in [0.15, 0.2) is 4.52 Å². The van der Waals surface area contributed by atoms with Crippen molar-refractivity contribution in [2.75, 3.05) is 26.9 Å². The van der Waals surface area contributed by atoms with Gasteiger partial charge in [-0.2, -0.15) is 4.98 Å².